The van der Waals surface area contributed by atoms with E-state index in [0.29, 0.717) is 0 Å². The number of amides is 1. The first kappa shape index (κ1) is 18.2. The molecule has 0 saturated carbocycles. The molecule has 0 radical (unpaired) electrons. The smallest absolute Gasteiger partial charge is 0.232 e. The maximum Gasteiger partial charge on any atom is 0.232 e. The molecule has 0 aromatic heterocycles. The Kier molecular flexibility index (Phi) is 5.34. The highest BCUT2D eigenvalue weighted by Crippen LogP contribution is 2.36. The van der Waals surface area contributed by atoms with Crippen molar-refractivity contribution in [2.45, 2.75) is 64.8 Å². The average Bonchev–Trinajstić information content (AvgIpc) is 2.79. The Hall–Kier alpha value is -1.16. The first-order chi connectivity index (χ1) is 10.7. The lowest BCUT2D eigenvalue weighted by Gasteiger charge is -2.29. The predicted octanol–water partition coefficient (Wildman–Crippen LogP) is 4.76. The number of rotatable bonds is 4. The van der Waals surface area contributed by atoms with Gasteiger partial charge in [-0.2, -0.15) is 0 Å². The van der Waals surface area contributed by atoms with E-state index in [9.17, 15) is 9.59 Å². The minimum absolute atomic E-state index is 0.128. The molecule has 3 nitrogen and oxygen atoms in total. The van der Waals surface area contributed by atoms with Gasteiger partial charge in [0.15, 0.2) is 5.78 Å². The quantitative estimate of drug-likeness (QED) is 0.558. The molecule has 1 aliphatic rings. The van der Waals surface area contributed by atoms with Crippen LogP contribution < -0.4 is 4.90 Å². The number of alkyl halides is 1. The fourth-order valence-electron chi connectivity index (χ4n) is 3.02. The van der Waals surface area contributed by atoms with Crippen LogP contribution in [0.25, 0.3) is 0 Å². The number of hydrogen-bond donors (Lipinski definition) is 0. The van der Waals surface area contributed by atoms with E-state index in [4.69, 9.17) is 0 Å². The second-order valence-corrected chi connectivity index (χ2v) is 8.55. The summed E-state index contributed by atoms with van der Waals surface area (Å²) in [4.78, 5) is 26.9. The number of carbonyl (C=O) groups is 2. The summed E-state index contributed by atoms with van der Waals surface area (Å²) in [5.74, 6) is 0.259. The van der Waals surface area contributed by atoms with Crippen molar-refractivity contribution in [1.82, 2.24) is 0 Å². The Balaban J connectivity index is 2.31. The van der Waals surface area contributed by atoms with Crippen LogP contribution in [0.5, 0.6) is 0 Å². The van der Waals surface area contributed by atoms with Crippen LogP contribution in [-0.2, 0) is 11.2 Å². The molecule has 1 amide bonds. The highest BCUT2D eigenvalue weighted by atomic mass is 79.9. The number of hydrogen-bond acceptors (Lipinski definition) is 2. The summed E-state index contributed by atoms with van der Waals surface area (Å²) in [6, 6.07) is 5.89. The lowest BCUT2D eigenvalue weighted by Crippen LogP contribution is -2.42. The Morgan fingerprint density at radius 1 is 1.35 bits per heavy atom. The summed E-state index contributed by atoms with van der Waals surface area (Å²) in [5.41, 5.74) is 2.37. The van der Waals surface area contributed by atoms with E-state index in [0.717, 1.165) is 36.1 Å². The molecule has 1 aliphatic heterocycles. The number of ketones is 1. The molecule has 2 rings (SSSR count). The molecule has 0 aliphatic carbocycles. The minimum Gasteiger partial charge on any atom is -0.309 e. The van der Waals surface area contributed by atoms with Gasteiger partial charge in [0.2, 0.25) is 5.91 Å². The number of carbonyl (C=O) groups excluding carboxylic acids is 2. The molecule has 2 atom stereocenters. The van der Waals surface area contributed by atoms with E-state index >= 15 is 0 Å². The van der Waals surface area contributed by atoms with Crippen molar-refractivity contribution in [2.75, 3.05) is 4.90 Å². The first-order valence-electron chi connectivity index (χ1n) is 8.31. The summed E-state index contributed by atoms with van der Waals surface area (Å²) in [7, 11) is 0. The van der Waals surface area contributed by atoms with E-state index in [1.54, 1.807) is 0 Å². The van der Waals surface area contributed by atoms with Crippen molar-refractivity contribution in [3.63, 3.8) is 0 Å². The van der Waals surface area contributed by atoms with Gasteiger partial charge >= 0.3 is 0 Å². The highest BCUT2D eigenvalue weighted by molar-refractivity contribution is 9.10. The van der Waals surface area contributed by atoms with E-state index in [1.165, 1.54) is 0 Å². The van der Waals surface area contributed by atoms with Crippen LogP contribution in [0.3, 0.4) is 0 Å². The van der Waals surface area contributed by atoms with E-state index in [2.05, 4.69) is 29.8 Å². The van der Waals surface area contributed by atoms with Crippen LogP contribution in [-0.4, -0.2) is 22.6 Å². The van der Waals surface area contributed by atoms with Crippen molar-refractivity contribution >= 4 is 33.3 Å². The fourth-order valence-corrected chi connectivity index (χ4v) is 3.74. The maximum atomic E-state index is 12.7. The molecule has 23 heavy (non-hydrogen) atoms. The monoisotopic (exact) mass is 379 g/mol. The van der Waals surface area contributed by atoms with Crippen LogP contribution in [0.15, 0.2) is 18.2 Å². The summed E-state index contributed by atoms with van der Waals surface area (Å²) >= 11 is 3.48. The van der Waals surface area contributed by atoms with Crippen LogP contribution in [0.1, 0.15) is 63.4 Å². The molecule has 0 bridgehead atoms. The summed E-state index contributed by atoms with van der Waals surface area (Å²) in [6.45, 7) is 9.96. The minimum atomic E-state index is -0.410. The third-order valence-electron chi connectivity index (χ3n) is 4.27. The number of anilines is 1. The number of nitrogens with zero attached hydrogens (tertiary/aromatic N) is 1. The van der Waals surface area contributed by atoms with Gasteiger partial charge in [-0.25, -0.2) is 0 Å². The van der Waals surface area contributed by atoms with Crippen molar-refractivity contribution in [3.8, 4) is 0 Å². The predicted molar refractivity (Wildman–Crippen MR) is 98.5 cm³/mol. The van der Waals surface area contributed by atoms with Gasteiger partial charge < -0.3 is 4.90 Å². The first-order valence-corrected chi connectivity index (χ1v) is 9.23. The molecular weight excluding hydrogens is 354 g/mol. The molecule has 1 aromatic carbocycles. The molecule has 1 heterocycles. The van der Waals surface area contributed by atoms with Crippen molar-refractivity contribution in [3.05, 3.63) is 29.3 Å². The highest BCUT2D eigenvalue weighted by Gasteiger charge is 2.36. The molecule has 1 aromatic rings. The Morgan fingerprint density at radius 2 is 2.00 bits per heavy atom. The van der Waals surface area contributed by atoms with Crippen LogP contribution in [0, 0.1) is 5.41 Å². The molecule has 0 N–H and O–H groups in total. The molecular formula is C19H26BrNO2. The van der Waals surface area contributed by atoms with E-state index in [-0.39, 0.29) is 22.6 Å². The molecule has 0 fully saturated rings. The topological polar surface area (TPSA) is 37.4 Å². The Bertz CT molecular complexity index is 618. The van der Waals surface area contributed by atoms with Gasteiger partial charge in [0.05, 0.1) is 4.83 Å². The normalized spacial score (nSPS) is 18.7. The zero-order valence-electron chi connectivity index (χ0n) is 14.6. The zero-order valence-corrected chi connectivity index (χ0v) is 16.2. The fraction of sp³-hybridized carbons (Fsp3) is 0.579. The number of fused-ring (bicyclic) bond motifs is 1. The molecule has 0 spiro atoms. The second-order valence-electron chi connectivity index (χ2n) is 7.44. The molecule has 4 heteroatoms. The summed E-state index contributed by atoms with van der Waals surface area (Å²) < 4.78 is 0. The van der Waals surface area contributed by atoms with Crippen molar-refractivity contribution < 1.29 is 9.59 Å². The van der Waals surface area contributed by atoms with Crippen LogP contribution in [0.4, 0.5) is 5.69 Å². The van der Waals surface area contributed by atoms with Gasteiger partial charge in [-0.1, -0.05) is 50.0 Å². The van der Waals surface area contributed by atoms with Crippen LogP contribution >= 0.6 is 15.9 Å². The second kappa shape index (κ2) is 6.76. The number of benzene rings is 1. The van der Waals surface area contributed by atoms with Gasteiger partial charge in [0, 0.05) is 22.7 Å². The lowest BCUT2D eigenvalue weighted by molar-refractivity contribution is -0.126. The van der Waals surface area contributed by atoms with Crippen LogP contribution in [0.2, 0.25) is 0 Å². The largest absolute Gasteiger partial charge is 0.309 e. The van der Waals surface area contributed by atoms with E-state index in [1.807, 2.05) is 43.9 Å². The van der Waals surface area contributed by atoms with E-state index < -0.39 is 5.41 Å². The number of Topliss-reactive ketones (excluding diaryl/α,β-unsaturated/α-hetero) is 1. The molecule has 0 saturated heterocycles. The van der Waals surface area contributed by atoms with Crippen molar-refractivity contribution in [2.24, 2.45) is 5.41 Å². The standard InChI is InChI=1S/C19H26BrNO2/c1-6-7-15(20)17(22)13-8-9-16-14(11-13)10-12(2)21(16)18(23)19(3,4)5/h8-9,11-12,15H,6-7,10H2,1-5H3. The lowest BCUT2D eigenvalue weighted by atomic mass is 9.94. The summed E-state index contributed by atoms with van der Waals surface area (Å²) in [6.07, 6.45) is 2.61. The maximum absolute atomic E-state index is 12.7. The average molecular weight is 380 g/mol. The SMILES string of the molecule is CCCC(Br)C(=O)c1ccc2c(c1)CC(C)N2C(=O)C(C)(C)C. The number of halogens is 1. The van der Waals surface area contributed by atoms with Gasteiger partial charge in [-0.15, -0.1) is 0 Å². The van der Waals surface area contributed by atoms with Gasteiger partial charge in [0.25, 0.3) is 0 Å². The zero-order chi connectivity index (χ0) is 17.4. The van der Waals surface area contributed by atoms with Gasteiger partial charge in [0.1, 0.15) is 0 Å². The van der Waals surface area contributed by atoms with Gasteiger partial charge in [-0.3, -0.25) is 9.59 Å². The third kappa shape index (κ3) is 3.68. The Morgan fingerprint density at radius 3 is 2.57 bits per heavy atom. The van der Waals surface area contributed by atoms with Gasteiger partial charge in [-0.05, 0) is 43.5 Å². The Labute approximate surface area is 147 Å². The van der Waals surface area contributed by atoms with Crippen molar-refractivity contribution in [1.29, 1.82) is 0 Å². The summed E-state index contributed by atoms with van der Waals surface area (Å²) in [5, 5.41) is 0. The molecule has 126 valence electrons. The third-order valence-corrected chi connectivity index (χ3v) is 5.14. The molecule has 2 unspecified atom stereocenters.